The Hall–Kier alpha value is -0.300. The average molecular weight is 235 g/mol. The molecule has 98 valence electrons. The Kier molecular flexibility index (Phi) is 4.67. The molecule has 1 unspecified atom stereocenters. The van der Waals surface area contributed by atoms with E-state index in [1.54, 1.807) is 5.57 Å². The first kappa shape index (κ1) is 13.1. The van der Waals surface area contributed by atoms with Gasteiger partial charge in [0, 0.05) is 6.04 Å². The van der Waals surface area contributed by atoms with E-state index in [-0.39, 0.29) is 0 Å². The van der Waals surface area contributed by atoms with Gasteiger partial charge in [0.25, 0.3) is 0 Å². The van der Waals surface area contributed by atoms with Crippen LogP contribution in [0.1, 0.15) is 65.2 Å². The molecule has 0 aromatic carbocycles. The number of allylic oxidation sites excluding steroid dienone is 1. The molecule has 0 bridgehead atoms. The second-order valence-electron chi connectivity index (χ2n) is 6.47. The summed E-state index contributed by atoms with van der Waals surface area (Å²) in [7, 11) is 0. The molecule has 0 aliphatic heterocycles. The van der Waals surface area contributed by atoms with Gasteiger partial charge in [-0.05, 0) is 69.1 Å². The van der Waals surface area contributed by atoms with Gasteiger partial charge in [-0.3, -0.25) is 0 Å². The van der Waals surface area contributed by atoms with Gasteiger partial charge in [0.1, 0.15) is 0 Å². The van der Waals surface area contributed by atoms with Crippen LogP contribution in [0, 0.1) is 17.8 Å². The summed E-state index contributed by atoms with van der Waals surface area (Å²) >= 11 is 0. The molecule has 0 saturated heterocycles. The van der Waals surface area contributed by atoms with E-state index in [0.29, 0.717) is 6.04 Å². The lowest BCUT2D eigenvalue weighted by atomic mass is 9.72. The fourth-order valence-corrected chi connectivity index (χ4v) is 3.64. The molecule has 0 aromatic heterocycles. The Balaban J connectivity index is 1.85. The van der Waals surface area contributed by atoms with Crippen LogP contribution in [0.5, 0.6) is 0 Å². The van der Waals surface area contributed by atoms with Crippen molar-refractivity contribution in [1.82, 2.24) is 0 Å². The molecule has 1 fully saturated rings. The molecule has 1 heteroatoms. The van der Waals surface area contributed by atoms with E-state index in [9.17, 15) is 0 Å². The van der Waals surface area contributed by atoms with Crippen molar-refractivity contribution in [2.24, 2.45) is 23.5 Å². The predicted molar refractivity (Wildman–Crippen MR) is 74.8 cm³/mol. The zero-order valence-corrected chi connectivity index (χ0v) is 11.6. The zero-order chi connectivity index (χ0) is 12.3. The van der Waals surface area contributed by atoms with Crippen LogP contribution < -0.4 is 5.73 Å². The number of hydrogen-bond donors (Lipinski definition) is 1. The fourth-order valence-electron chi connectivity index (χ4n) is 3.64. The Labute approximate surface area is 107 Å². The molecule has 2 rings (SSSR count). The third-order valence-corrected chi connectivity index (χ3v) is 5.02. The lowest BCUT2D eigenvalue weighted by Crippen LogP contribution is -2.35. The van der Waals surface area contributed by atoms with Gasteiger partial charge in [0.15, 0.2) is 0 Å². The van der Waals surface area contributed by atoms with Crippen molar-refractivity contribution in [3.63, 3.8) is 0 Å². The van der Waals surface area contributed by atoms with Gasteiger partial charge in [-0.1, -0.05) is 25.5 Å². The molecule has 0 heterocycles. The smallest absolute Gasteiger partial charge is 0.0282 e. The fraction of sp³-hybridized carbons (Fsp3) is 0.875. The molecule has 2 N–H and O–H groups in total. The Morgan fingerprint density at radius 3 is 2.24 bits per heavy atom. The van der Waals surface area contributed by atoms with Crippen LogP contribution in [0.3, 0.4) is 0 Å². The molecule has 2 aliphatic rings. The molecule has 1 saturated carbocycles. The summed E-state index contributed by atoms with van der Waals surface area (Å²) in [4.78, 5) is 0. The van der Waals surface area contributed by atoms with Gasteiger partial charge in [-0.15, -0.1) is 0 Å². The Morgan fingerprint density at radius 2 is 1.71 bits per heavy atom. The van der Waals surface area contributed by atoms with Gasteiger partial charge in [-0.2, -0.15) is 0 Å². The molecule has 2 aliphatic carbocycles. The molecular weight excluding hydrogens is 206 g/mol. The first-order valence-corrected chi connectivity index (χ1v) is 7.63. The first-order valence-electron chi connectivity index (χ1n) is 7.63. The van der Waals surface area contributed by atoms with E-state index in [2.05, 4.69) is 19.9 Å². The molecular formula is C16H29N. The predicted octanol–water partition coefficient (Wildman–Crippen LogP) is 4.28. The van der Waals surface area contributed by atoms with E-state index >= 15 is 0 Å². The summed E-state index contributed by atoms with van der Waals surface area (Å²) in [6.07, 6.45) is 13.2. The third-order valence-electron chi connectivity index (χ3n) is 5.02. The van der Waals surface area contributed by atoms with Crippen LogP contribution in [0.2, 0.25) is 0 Å². The van der Waals surface area contributed by atoms with Gasteiger partial charge >= 0.3 is 0 Å². The number of nitrogens with two attached hydrogens (primary N) is 1. The van der Waals surface area contributed by atoms with Crippen molar-refractivity contribution in [2.75, 3.05) is 0 Å². The van der Waals surface area contributed by atoms with Crippen molar-refractivity contribution in [2.45, 2.75) is 71.3 Å². The Morgan fingerprint density at radius 1 is 1.06 bits per heavy atom. The highest BCUT2D eigenvalue weighted by atomic mass is 14.7. The minimum absolute atomic E-state index is 0.378. The van der Waals surface area contributed by atoms with E-state index in [0.717, 1.165) is 17.8 Å². The number of hydrogen-bond acceptors (Lipinski definition) is 1. The van der Waals surface area contributed by atoms with Gasteiger partial charge in [-0.25, -0.2) is 0 Å². The topological polar surface area (TPSA) is 26.0 Å². The highest BCUT2D eigenvalue weighted by molar-refractivity contribution is 5.14. The molecule has 0 radical (unpaired) electrons. The zero-order valence-electron chi connectivity index (χ0n) is 11.6. The summed E-state index contributed by atoms with van der Waals surface area (Å²) in [6.45, 7) is 4.74. The van der Waals surface area contributed by atoms with Crippen molar-refractivity contribution >= 4 is 0 Å². The van der Waals surface area contributed by atoms with Crippen LogP contribution in [0.4, 0.5) is 0 Å². The quantitative estimate of drug-likeness (QED) is 0.726. The highest BCUT2D eigenvalue weighted by Gasteiger charge is 2.28. The summed E-state index contributed by atoms with van der Waals surface area (Å²) < 4.78 is 0. The highest BCUT2D eigenvalue weighted by Crippen LogP contribution is 2.36. The van der Waals surface area contributed by atoms with Crippen molar-refractivity contribution in [1.29, 1.82) is 0 Å². The normalized spacial score (nSPS) is 32.4. The second-order valence-corrected chi connectivity index (χ2v) is 6.47. The maximum Gasteiger partial charge on any atom is 0.0282 e. The largest absolute Gasteiger partial charge is 0.324 e. The molecule has 0 amide bonds. The molecule has 17 heavy (non-hydrogen) atoms. The van der Waals surface area contributed by atoms with Gasteiger partial charge < -0.3 is 5.73 Å². The van der Waals surface area contributed by atoms with E-state index in [1.807, 2.05) is 0 Å². The van der Waals surface area contributed by atoms with Crippen molar-refractivity contribution in [3.05, 3.63) is 11.6 Å². The maximum atomic E-state index is 6.48. The monoisotopic (exact) mass is 235 g/mol. The minimum atomic E-state index is 0.378. The maximum absolute atomic E-state index is 6.48. The van der Waals surface area contributed by atoms with Crippen LogP contribution in [-0.4, -0.2) is 6.04 Å². The van der Waals surface area contributed by atoms with E-state index in [1.165, 1.54) is 51.4 Å². The average Bonchev–Trinajstić information content (AvgIpc) is 2.39. The molecule has 0 aromatic rings. The molecule has 0 spiro atoms. The van der Waals surface area contributed by atoms with E-state index < -0.39 is 0 Å². The first-order chi connectivity index (χ1) is 8.18. The van der Waals surface area contributed by atoms with Gasteiger partial charge in [0.05, 0.1) is 0 Å². The third kappa shape index (κ3) is 3.34. The van der Waals surface area contributed by atoms with Crippen molar-refractivity contribution < 1.29 is 0 Å². The summed E-state index contributed by atoms with van der Waals surface area (Å²) in [5.41, 5.74) is 8.05. The second kappa shape index (κ2) is 6.04. The van der Waals surface area contributed by atoms with Crippen LogP contribution in [0.25, 0.3) is 0 Å². The lowest BCUT2D eigenvalue weighted by molar-refractivity contribution is 0.210. The molecule has 1 atom stereocenters. The standard InChI is InChI=1S/C16H29N/c1-12(2)13-8-10-15(11-9-13)16(17)14-6-4-3-5-7-14/h6,12-13,15-16H,3-5,7-11,17H2,1-2H3. The van der Waals surface area contributed by atoms with Crippen LogP contribution in [-0.2, 0) is 0 Å². The summed E-state index contributed by atoms with van der Waals surface area (Å²) in [6, 6.07) is 0.378. The lowest BCUT2D eigenvalue weighted by Gasteiger charge is -2.35. The van der Waals surface area contributed by atoms with Gasteiger partial charge in [0.2, 0.25) is 0 Å². The Bertz CT molecular complexity index is 259. The summed E-state index contributed by atoms with van der Waals surface area (Å²) in [5, 5.41) is 0. The SMILES string of the molecule is CC(C)C1CCC(C(N)C2=CCCCC2)CC1. The number of rotatable bonds is 3. The van der Waals surface area contributed by atoms with Crippen molar-refractivity contribution in [3.8, 4) is 0 Å². The molecule has 1 nitrogen and oxygen atoms in total. The van der Waals surface area contributed by atoms with E-state index in [4.69, 9.17) is 5.73 Å². The summed E-state index contributed by atoms with van der Waals surface area (Å²) in [5.74, 6) is 2.59. The minimum Gasteiger partial charge on any atom is -0.324 e. The van der Waals surface area contributed by atoms with Crippen LogP contribution >= 0.6 is 0 Å². The van der Waals surface area contributed by atoms with Crippen LogP contribution in [0.15, 0.2) is 11.6 Å².